The standard InChI is InChI=1S/C20H28N2O4/c1-14(11-15-7-8-16(25-2)17(12-15)26-3)13-22-18(23)20(21-19(22)24)9-5-4-6-10-20/h7-8,12,14H,4-6,9-11,13H2,1-3H3,(H,21,24). The molecule has 3 amide bonds. The van der Waals surface area contributed by atoms with Crippen LogP contribution in [0.15, 0.2) is 18.2 Å². The molecular weight excluding hydrogens is 332 g/mol. The van der Waals surface area contributed by atoms with E-state index < -0.39 is 5.54 Å². The van der Waals surface area contributed by atoms with Crippen LogP contribution < -0.4 is 14.8 Å². The van der Waals surface area contributed by atoms with Crippen LogP contribution in [0.4, 0.5) is 4.79 Å². The minimum absolute atomic E-state index is 0.0404. The normalized spacial score (nSPS) is 20.2. The summed E-state index contributed by atoms with van der Waals surface area (Å²) in [6.45, 7) is 2.49. The van der Waals surface area contributed by atoms with Crippen molar-refractivity contribution in [3.8, 4) is 11.5 Å². The number of rotatable bonds is 6. The van der Waals surface area contributed by atoms with Gasteiger partial charge in [-0.05, 0) is 42.9 Å². The first-order valence-corrected chi connectivity index (χ1v) is 9.34. The third kappa shape index (κ3) is 3.50. The van der Waals surface area contributed by atoms with Crippen molar-refractivity contribution in [1.82, 2.24) is 10.2 Å². The van der Waals surface area contributed by atoms with Gasteiger partial charge in [-0.3, -0.25) is 9.69 Å². The predicted octanol–water partition coefficient (Wildman–Crippen LogP) is 3.14. The van der Waals surface area contributed by atoms with Gasteiger partial charge in [0.15, 0.2) is 11.5 Å². The molecule has 6 nitrogen and oxygen atoms in total. The topological polar surface area (TPSA) is 67.9 Å². The molecule has 1 aromatic rings. The van der Waals surface area contributed by atoms with Gasteiger partial charge in [0.1, 0.15) is 5.54 Å². The number of hydrogen-bond donors (Lipinski definition) is 1. The first-order valence-electron chi connectivity index (χ1n) is 9.34. The number of methoxy groups -OCH3 is 2. The summed E-state index contributed by atoms with van der Waals surface area (Å²) in [6, 6.07) is 5.58. The van der Waals surface area contributed by atoms with E-state index >= 15 is 0 Å². The Labute approximate surface area is 154 Å². The second-order valence-corrected chi connectivity index (χ2v) is 7.49. The van der Waals surface area contributed by atoms with Crippen LogP contribution in [0, 0.1) is 5.92 Å². The molecule has 1 spiro atoms. The summed E-state index contributed by atoms with van der Waals surface area (Å²) in [5, 5.41) is 2.97. The van der Waals surface area contributed by atoms with Crippen molar-refractivity contribution in [2.45, 2.75) is 51.0 Å². The number of benzene rings is 1. The fourth-order valence-electron chi connectivity index (χ4n) is 4.12. The second kappa shape index (κ2) is 7.56. The highest BCUT2D eigenvalue weighted by Crippen LogP contribution is 2.34. The molecule has 1 saturated heterocycles. The van der Waals surface area contributed by atoms with E-state index in [1.54, 1.807) is 14.2 Å². The number of imide groups is 1. The van der Waals surface area contributed by atoms with Crippen molar-refractivity contribution in [2.75, 3.05) is 20.8 Å². The maximum atomic E-state index is 12.9. The second-order valence-electron chi connectivity index (χ2n) is 7.49. The lowest BCUT2D eigenvalue weighted by Gasteiger charge is -2.30. The Morgan fingerprint density at radius 3 is 2.46 bits per heavy atom. The molecule has 1 N–H and O–H groups in total. The fraction of sp³-hybridized carbons (Fsp3) is 0.600. The van der Waals surface area contributed by atoms with Gasteiger partial charge in [-0.15, -0.1) is 0 Å². The monoisotopic (exact) mass is 360 g/mol. The van der Waals surface area contributed by atoms with E-state index in [-0.39, 0.29) is 17.9 Å². The maximum absolute atomic E-state index is 12.9. The van der Waals surface area contributed by atoms with E-state index in [1.165, 1.54) is 4.90 Å². The Kier molecular flexibility index (Phi) is 5.39. The van der Waals surface area contributed by atoms with E-state index in [2.05, 4.69) is 12.2 Å². The van der Waals surface area contributed by atoms with Crippen LogP contribution in [0.25, 0.3) is 0 Å². The van der Waals surface area contributed by atoms with E-state index in [0.717, 1.165) is 44.1 Å². The van der Waals surface area contributed by atoms with Crippen LogP contribution >= 0.6 is 0 Å². The van der Waals surface area contributed by atoms with Crippen LogP contribution in [-0.2, 0) is 11.2 Å². The molecule has 1 heterocycles. The SMILES string of the molecule is COc1ccc(CC(C)CN2C(=O)NC3(CCCCC3)C2=O)cc1OC. The zero-order valence-electron chi connectivity index (χ0n) is 15.8. The Bertz CT molecular complexity index is 682. The van der Waals surface area contributed by atoms with E-state index in [9.17, 15) is 9.59 Å². The van der Waals surface area contributed by atoms with Crippen molar-refractivity contribution in [3.05, 3.63) is 23.8 Å². The summed E-state index contributed by atoms with van der Waals surface area (Å²) in [6.07, 6.45) is 5.42. The Hall–Kier alpha value is -2.24. The van der Waals surface area contributed by atoms with Crippen LogP contribution in [-0.4, -0.2) is 43.1 Å². The molecule has 26 heavy (non-hydrogen) atoms. The van der Waals surface area contributed by atoms with Gasteiger partial charge in [-0.25, -0.2) is 4.79 Å². The summed E-state index contributed by atoms with van der Waals surface area (Å²) >= 11 is 0. The van der Waals surface area contributed by atoms with Gasteiger partial charge in [0.05, 0.1) is 14.2 Å². The van der Waals surface area contributed by atoms with Crippen molar-refractivity contribution in [1.29, 1.82) is 0 Å². The summed E-state index contributed by atoms with van der Waals surface area (Å²) in [5.41, 5.74) is 0.452. The highest BCUT2D eigenvalue weighted by atomic mass is 16.5. The number of amides is 3. The van der Waals surface area contributed by atoms with Crippen molar-refractivity contribution >= 4 is 11.9 Å². The Morgan fingerprint density at radius 2 is 1.81 bits per heavy atom. The molecule has 1 unspecified atom stereocenters. The molecule has 142 valence electrons. The lowest BCUT2D eigenvalue weighted by atomic mass is 9.81. The summed E-state index contributed by atoms with van der Waals surface area (Å²) in [4.78, 5) is 26.7. The molecular formula is C20H28N2O4. The number of nitrogens with one attached hydrogen (secondary N) is 1. The smallest absolute Gasteiger partial charge is 0.325 e. The predicted molar refractivity (Wildman–Crippen MR) is 98.5 cm³/mol. The molecule has 6 heteroatoms. The molecule has 3 rings (SSSR count). The third-order valence-electron chi connectivity index (χ3n) is 5.48. The molecule has 0 aromatic heterocycles. The van der Waals surface area contributed by atoms with Gasteiger partial charge >= 0.3 is 6.03 Å². The number of hydrogen-bond acceptors (Lipinski definition) is 4. The van der Waals surface area contributed by atoms with Crippen molar-refractivity contribution in [3.63, 3.8) is 0 Å². The first kappa shape index (κ1) is 18.5. The van der Waals surface area contributed by atoms with Gasteiger partial charge in [-0.2, -0.15) is 0 Å². The zero-order valence-corrected chi connectivity index (χ0v) is 15.8. The van der Waals surface area contributed by atoms with Gasteiger partial charge in [0, 0.05) is 6.54 Å². The molecule has 1 aliphatic heterocycles. The highest BCUT2D eigenvalue weighted by molar-refractivity contribution is 6.07. The van der Waals surface area contributed by atoms with Crippen LogP contribution in [0.5, 0.6) is 11.5 Å². The Morgan fingerprint density at radius 1 is 1.12 bits per heavy atom. The van der Waals surface area contributed by atoms with Gasteiger partial charge in [0.2, 0.25) is 0 Å². The van der Waals surface area contributed by atoms with Crippen molar-refractivity contribution < 1.29 is 19.1 Å². The molecule has 1 aromatic carbocycles. The summed E-state index contributed by atoms with van der Waals surface area (Å²) in [5.74, 6) is 1.49. The van der Waals surface area contributed by atoms with Gasteiger partial charge in [0.25, 0.3) is 5.91 Å². The summed E-state index contributed by atoms with van der Waals surface area (Å²) in [7, 11) is 3.22. The number of nitrogens with zero attached hydrogens (tertiary/aromatic N) is 1. The quantitative estimate of drug-likeness (QED) is 0.792. The van der Waals surface area contributed by atoms with Crippen LogP contribution in [0.3, 0.4) is 0 Å². The molecule has 1 atom stereocenters. The van der Waals surface area contributed by atoms with Gasteiger partial charge < -0.3 is 14.8 Å². The minimum atomic E-state index is -0.640. The molecule has 0 radical (unpaired) electrons. The molecule has 0 bridgehead atoms. The fourth-order valence-corrected chi connectivity index (χ4v) is 4.12. The lowest BCUT2D eigenvalue weighted by Crippen LogP contribution is -2.48. The van der Waals surface area contributed by atoms with E-state index in [1.807, 2.05) is 18.2 Å². The van der Waals surface area contributed by atoms with Crippen LogP contribution in [0.2, 0.25) is 0 Å². The summed E-state index contributed by atoms with van der Waals surface area (Å²) < 4.78 is 10.6. The van der Waals surface area contributed by atoms with Gasteiger partial charge in [-0.1, -0.05) is 32.3 Å². The molecule has 1 aliphatic carbocycles. The van der Waals surface area contributed by atoms with E-state index in [0.29, 0.717) is 18.0 Å². The third-order valence-corrected chi connectivity index (χ3v) is 5.48. The number of carbonyl (C=O) groups excluding carboxylic acids is 2. The maximum Gasteiger partial charge on any atom is 0.325 e. The number of ether oxygens (including phenoxy) is 2. The zero-order chi connectivity index (χ0) is 18.7. The van der Waals surface area contributed by atoms with E-state index in [4.69, 9.17) is 9.47 Å². The van der Waals surface area contributed by atoms with Crippen LogP contribution in [0.1, 0.15) is 44.6 Å². The molecule has 2 fully saturated rings. The minimum Gasteiger partial charge on any atom is -0.493 e. The highest BCUT2D eigenvalue weighted by Gasteiger charge is 2.51. The molecule has 2 aliphatic rings. The number of carbonyl (C=O) groups is 2. The average Bonchev–Trinajstić information content (AvgIpc) is 2.86. The number of urea groups is 1. The van der Waals surface area contributed by atoms with Crippen molar-refractivity contribution in [2.24, 2.45) is 5.92 Å². The average molecular weight is 360 g/mol. The first-order chi connectivity index (χ1) is 12.5. The largest absolute Gasteiger partial charge is 0.493 e. The lowest BCUT2D eigenvalue weighted by molar-refractivity contribution is -0.132. The Balaban J connectivity index is 1.65. The molecule has 1 saturated carbocycles.